The highest BCUT2D eigenvalue weighted by Crippen LogP contribution is 2.16. The fraction of sp³-hybridized carbons (Fsp3) is 0.375. The summed E-state index contributed by atoms with van der Waals surface area (Å²) in [4.78, 5) is 11.9. The van der Waals surface area contributed by atoms with Crippen LogP contribution in [0, 0.1) is 5.82 Å². The Bertz CT molecular complexity index is 668. The van der Waals surface area contributed by atoms with E-state index < -0.39 is 11.8 Å². The van der Waals surface area contributed by atoms with E-state index >= 15 is 0 Å². The summed E-state index contributed by atoms with van der Waals surface area (Å²) in [6, 6.07) is 5.50. The van der Waals surface area contributed by atoms with Crippen molar-refractivity contribution in [3.8, 4) is 0 Å². The van der Waals surface area contributed by atoms with E-state index in [2.05, 4.69) is 15.7 Å². The maximum atomic E-state index is 13.5. The van der Waals surface area contributed by atoms with Gasteiger partial charge in [0.2, 0.25) is 0 Å². The number of carbonyl (C=O) groups excluding carboxylic acids is 1. The van der Waals surface area contributed by atoms with Crippen molar-refractivity contribution in [1.29, 1.82) is 0 Å². The number of anilines is 2. The van der Waals surface area contributed by atoms with Crippen LogP contribution in [0.5, 0.6) is 0 Å². The van der Waals surface area contributed by atoms with Gasteiger partial charge in [-0.25, -0.2) is 9.18 Å². The van der Waals surface area contributed by atoms with Crippen LogP contribution in [0.1, 0.15) is 19.3 Å². The molecule has 0 bridgehead atoms. The monoisotopic (exact) mass is 318 g/mol. The van der Waals surface area contributed by atoms with Crippen molar-refractivity contribution in [3.05, 3.63) is 42.5 Å². The first-order valence-corrected chi connectivity index (χ1v) is 7.67. The Balaban J connectivity index is 1.54. The van der Waals surface area contributed by atoms with Gasteiger partial charge in [-0.1, -0.05) is 12.1 Å². The van der Waals surface area contributed by atoms with Gasteiger partial charge in [0.25, 0.3) is 0 Å². The summed E-state index contributed by atoms with van der Waals surface area (Å²) >= 11 is 0. The van der Waals surface area contributed by atoms with Crippen LogP contribution in [0.3, 0.4) is 0 Å². The third-order valence-corrected chi connectivity index (χ3v) is 3.68. The average molecular weight is 318 g/mol. The number of ether oxygens (including phenoxy) is 1. The summed E-state index contributed by atoms with van der Waals surface area (Å²) in [6.07, 6.45) is 6.77. The molecule has 0 unspecified atom stereocenters. The van der Waals surface area contributed by atoms with Crippen LogP contribution in [-0.4, -0.2) is 28.5 Å². The lowest BCUT2D eigenvalue weighted by Gasteiger charge is -2.22. The Kier molecular flexibility index (Phi) is 4.87. The van der Waals surface area contributed by atoms with Crippen LogP contribution < -0.4 is 10.6 Å². The highest BCUT2D eigenvalue weighted by atomic mass is 19.1. The van der Waals surface area contributed by atoms with E-state index in [-0.39, 0.29) is 11.8 Å². The highest BCUT2D eigenvalue weighted by Gasteiger charge is 2.15. The number of nitrogens with one attached hydrogen (secondary N) is 2. The molecule has 2 amide bonds. The number of amides is 2. The molecule has 122 valence electrons. The normalized spacial score (nSPS) is 17.7. The maximum Gasteiger partial charge on any atom is 0.323 e. The van der Waals surface area contributed by atoms with Gasteiger partial charge in [0.15, 0.2) is 0 Å². The lowest BCUT2D eigenvalue weighted by molar-refractivity contribution is 0.00401. The molecule has 2 aromatic rings. The number of hydrogen-bond acceptors (Lipinski definition) is 3. The maximum absolute atomic E-state index is 13.5. The molecule has 1 aromatic heterocycles. The number of carbonyl (C=O) groups is 1. The minimum atomic E-state index is -0.511. The number of aromatic nitrogens is 2. The lowest BCUT2D eigenvalue weighted by atomic mass is 10.1. The number of para-hydroxylation sites is 1. The number of urea groups is 1. The second-order valence-corrected chi connectivity index (χ2v) is 5.50. The van der Waals surface area contributed by atoms with E-state index in [0.717, 1.165) is 19.4 Å². The van der Waals surface area contributed by atoms with E-state index in [1.165, 1.54) is 18.6 Å². The van der Waals surface area contributed by atoms with E-state index in [9.17, 15) is 9.18 Å². The third kappa shape index (κ3) is 4.29. The largest absolute Gasteiger partial charge is 0.376 e. The molecule has 0 saturated carbocycles. The van der Waals surface area contributed by atoms with Gasteiger partial charge in [0.1, 0.15) is 5.82 Å². The standard InChI is InChI=1S/C16H19FN4O2/c17-14-6-1-2-7-15(14)20-16(22)19-12-9-18-21(10-12)11-13-5-3-4-8-23-13/h1-2,6-7,9-10,13H,3-5,8,11H2,(H2,19,20,22)/t13-/m0/s1. The molecule has 2 N–H and O–H groups in total. The molecular formula is C16H19FN4O2. The summed E-state index contributed by atoms with van der Waals surface area (Å²) in [7, 11) is 0. The van der Waals surface area contributed by atoms with Crippen molar-refractivity contribution >= 4 is 17.4 Å². The van der Waals surface area contributed by atoms with Crippen LogP contribution in [-0.2, 0) is 11.3 Å². The quantitative estimate of drug-likeness (QED) is 0.909. The molecule has 0 radical (unpaired) electrons. The first-order chi connectivity index (χ1) is 11.2. The van der Waals surface area contributed by atoms with Crippen molar-refractivity contribution < 1.29 is 13.9 Å². The lowest BCUT2D eigenvalue weighted by Crippen LogP contribution is -2.24. The molecule has 1 atom stereocenters. The zero-order valence-electron chi connectivity index (χ0n) is 12.7. The number of halogens is 1. The van der Waals surface area contributed by atoms with Crippen molar-refractivity contribution in [1.82, 2.24) is 9.78 Å². The fourth-order valence-corrected chi connectivity index (χ4v) is 2.54. The Labute approximate surface area is 133 Å². The second kappa shape index (κ2) is 7.23. The Morgan fingerprint density at radius 2 is 2.22 bits per heavy atom. The van der Waals surface area contributed by atoms with Gasteiger partial charge in [-0.2, -0.15) is 5.10 Å². The van der Waals surface area contributed by atoms with E-state index in [1.54, 1.807) is 29.2 Å². The third-order valence-electron chi connectivity index (χ3n) is 3.68. The number of rotatable bonds is 4. The molecule has 1 aromatic carbocycles. The van der Waals surface area contributed by atoms with Gasteiger partial charge in [0.05, 0.1) is 30.2 Å². The Hall–Kier alpha value is -2.41. The molecular weight excluding hydrogens is 299 g/mol. The van der Waals surface area contributed by atoms with Crippen LogP contribution in [0.15, 0.2) is 36.7 Å². The minimum Gasteiger partial charge on any atom is -0.376 e. The zero-order chi connectivity index (χ0) is 16.1. The fourth-order valence-electron chi connectivity index (χ4n) is 2.54. The topological polar surface area (TPSA) is 68.2 Å². The SMILES string of the molecule is O=C(Nc1cnn(C[C@@H]2CCCCO2)c1)Nc1ccccc1F. The summed E-state index contributed by atoms with van der Waals surface area (Å²) in [5.41, 5.74) is 0.683. The van der Waals surface area contributed by atoms with Crippen LogP contribution >= 0.6 is 0 Å². The number of nitrogens with zero attached hydrogens (tertiary/aromatic N) is 2. The molecule has 23 heavy (non-hydrogen) atoms. The van der Waals surface area contributed by atoms with Crippen LogP contribution in [0.2, 0.25) is 0 Å². The first kappa shape index (κ1) is 15.5. The molecule has 0 aliphatic carbocycles. The summed E-state index contributed by atoms with van der Waals surface area (Å²) in [6.45, 7) is 1.46. The molecule has 2 heterocycles. The van der Waals surface area contributed by atoms with Crippen LogP contribution in [0.4, 0.5) is 20.6 Å². The van der Waals surface area contributed by atoms with E-state index in [0.29, 0.717) is 12.2 Å². The predicted molar refractivity (Wildman–Crippen MR) is 84.9 cm³/mol. The predicted octanol–water partition coefficient (Wildman–Crippen LogP) is 3.24. The van der Waals surface area contributed by atoms with Crippen molar-refractivity contribution in [2.24, 2.45) is 0 Å². The molecule has 1 aliphatic rings. The molecule has 1 saturated heterocycles. The van der Waals surface area contributed by atoms with Gasteiger partial charge in [-0.15, -0.1) is 0 Å². The summed E-state index contributed by atoms with van der Waals surface area (Å²) in [5, 5.41) is 9.30. The number of benzene rings is 1. The molecule has 6 nitrogen and oxygen atoms in total. The highest BCUT2D eigenvalue weighted by molar-refractivity contribution is 5.99. The summed E-state index contributed by atoms with van der Waals surface area (Å²) in [5.74, 6) is -0.479. The Morgan fingerprint density at radius 3 is 3.00 bits per heavy atom. The summed E-state index contributed by atoms with van der Waals surface area (Å²) < 4.78 is 20.9. The van der Waals surface area contributed by atoms with Crippen molar-refractivity contribution in [3.63, 3.8) is 0 Å². The van der Waals surface area contributed by atoms with E-state index in [4.69, 9.17) is 4.74 Å². The Morgan fingerprint density at radius 1 is 1.35 bits per heavy atom. The molecule has 0 spiro atoms. The zero-order valence-corrected chi connectivity index (χ0v) is 12.7. The molecule has 1 aliphatic heterocycles. The molecule has 7 heteroatoms. The van der Waals surface area contributed by atoms with Crippen molar-refractivity contribution in [2.75, 3.05) is 17.2 Å². The first-order valence-electron chi connectivity index (χ1n) is 7.67. The molecule has 1 fully saturated rings. The smallest absolute Gasteiger partial charge is 0.323 e. The van der Waals surface area contributed by atoms with Crippen LogP contribution in [0.25, 0.3) is 0 Å². The van der Waals surface area contributed by atoms with Gasteiger partial charge in [0, 0.05) is 12.8 Å². The van der Waals surface area contributed by atoms with E-state index in [1.807, 2.05) is 0 Å². The van der Waals surface area contributed by atoms with Gasteiger partial charge >= 0.3 is 6.03 Å². The van der Waals surface area contributed by atoms with Gasteiger partial charge in [-0.05, 0) is 31.4 Å². The minimum absolute atomic E-state index is 0.132. The van der Waals surface area contributed by atoms with Gasteiger partial charge < -0.3 is 15.4 Å². The number of hydrogen-bond donors (Lipinski definition) is 2. The van der Waals surface area contributed by atoms with Gasteiger partial charge in [-0.3, -0.25) is 4.68 Å². The average Bonchev–Trinajstić information content (AvgIpc) is 2.97. The van der Waals surface area contributed by atoms with Crippen molar-refractivity contribution in [2.45, 2.75) is 31.9 Å². The molecule has 3 rings (SSSR count). The second-order valence-electron chi connectivity index (χ2n) is 5.50.